The van der Waals surface area contributed by atoms with Crippen LogP contribution in [-0.4, -0.2) is 38.5 Å². The molecule has 0 bridgehead atoms. The molecule has 1 saturated carbocycles. The zero-order valence-corrected chi connectivity index (χ0v) is 18.0. The van der Waals surface area contributed by atoms with E-state index in [2.05, 4.69) is 25.7 Å². The first-order chi connectivity index (χ1) is 14.5. The van der Waals surface area contributed by atoms with Crippen molar-refractivity contribution in [2.75, 3.05) is 23.5 Å². The van der Waals surface area contributed by atoms with Crippen LogP contribution in [0.15, 0.2) is 41.7 Å². The minimum Gasteiger partial charge on any atom is -0.493 e. The van der Waals surface area contributed by atoms with Gasteiger partial charge >= 0.3 is 0 Å². The molecule has 0 atom stereocenters. The molecule has 4 rings (SSSR count). The van der Waals surface area contributed by atoms with E-state index in [1.165, 1.54) is 19.8 Å². The van der Waals surface area contributed by atoms with Crippen molar-refractivity contribution in [3.05, 3.63) is 36.7 Å². The normalized spacial score (nSPS) is 13.2. The van der Waals surface area contributed by atoms with Gasteiger partial charge in [0.1, 0.15) is 22.4 Å². The highest BCUT2D eigenvalue weighted by Gasteiger charge is 2.22. The number of rotatable bonds is 8. The van der Waals surface area contributed by atoms with Gasteiger partial charge in [0.2, 0.25) is 5.91 Å². The summed E-state index contributed by atoms with van der Waals surface area (Å²) in [6.45, 7) is 2.19. The van der Waals surface area contributed by atoms with Gasteiger partial charge < -0.3 is 15.4 Å². The number of hydrogen-bond donors (Lipinski definition) is 2. The summed E-state index contributed by atoms with van der Waals surface area (Å²) in [6, 6.07) is 7.54. The molecule has 0 radical (unpaired) electrons. The number of amides is 1. The molecule has 3 aromatic rings. The molecule has 0 unspecified atom stereocenters. The molecule has 3 aromatic heterocycles. The van der Waals surface area contributed by atoms with Crippen molar-refractivity contribution in [3.63, 3.8) is 0 Å². The van der Waals surface area contributed by atoms with Crippen molar-refractivity contribution >= 4 is 35.0 Å². The molecule has 1 fully saturated rings. The number of aromatic nitrogens is 4. The molecule has 0 spiro atoms. The second kappa shape index (κ2) is 8.74. The molecule has 9 heteroatoms. The molecule has 1 aliphatic carbocycles. The third kappa shape index (κ3) is 5.10. The van der Waals surface area contributed by atoms with E-state index in [9.17, 15) is 4.79 Å². The van der Waals surface area contributed by atoms with E-state index in [1.54, 1.807) is 28.7 Å². The van der Waals surface area contributed by atoms with Gasteiger partial charge in [-0.3, -0.25) is 9.48 Å². The Morgan fingerprint density at radius 2 is 2.13 bits per heavy atom. The van der Waals surface area contributed by atoms with Crippen LogP contribution in [0.1, 0.15) is 19.8 Å². The van der Waals surface area contributed by atoms with E-state index in [0.29, 0.717) is 17.6 Å². The maximum atomic E-state index is 11.5. The van der Waals surface area contributed by atoms with Gasteiger partial charge in [-0.1, -0.05) is 0 Å². The molecular formula is C21H24N6O2S. The van der Waals surface area contributed by atoms with Gasteiger partial charge in [-0.25, -0.2) is 9.97 Å². The molecule has 0 aliphatic heterocycles. The van der Waals surface area contributed by atoms with E-state index in [4.69, 9.17) is 4.74 Å². The number of anilines is 3. The zero-order chi connectivity index (χ0) is 21.1. The Morgan fingerprint density at radius 1 is 1.30 bits per heavy atom. The topological polar surface area (TPSA) is 94.0 Å². The van der Waals surface area contributed by atoms with Crippen LogP contribution in [0.4, 0.5) is 17.3 Å². The molecule has 0 aromatic carbocycles. The standard InChI is InChI=1S/C21H24N6O2S/c1-13(28)23-19-10-18(16(11-22-19)17-6-7-27(2)26-17)24-20-8-15(9-21(25-20)30-3)29-12-14-4-5-14/h6-11,14H,4-5,12H2,1-3H3,(H2,22,23,24,25,28). The van der Waals surface area contributed by atoms with Crippen molar-refractivity contribution < 1.29 is 9.53 Å². The van der Waals surface area contributed by atoms with E-state index in [-0.39, 0.29) is 5.91 Å². The van der Waals surface area contributed by atoms with Crippen molar-refractivity contribution in [1.82, 2.24) is 19.7 Å². The summed E-state index contributed by atoms with van der Waals surface area (Å²) in [7, 11) is 1.86. The van der Waals surface area contributed by atoms with Crippen LogP contribution in [0.5, 0.6) is 5.75 Å². The lowest BCUT2D eigenvalue weighted by atomic mass is 10.1. The van der Waals surface area contributed by atoms with Crippen molar-refractivity contribution in [1.29, 1.82) is 0 Å². The predicted octanol–water partition coefficient (Wildman–Crippen LogP) is 4.09. The maximum Gasteiger partial charge on any atom is 0.222 e. The third-order valence-electron chi connectivity index (χ3n) is 4.63. The third-order valence-corrected chi connectivity index (χ3v) is 5.25. The monoisotopic (exact) mass is 424 g/mol. The number of nitrogens with zero attached hydrogens (tertiary/aromatic N) is 4. The predicted molar refractivity (Wildman–Crippen MR) is 118 cm³/mol. The summed E-state index contributed by atoms with van der Waals surface area (Å²) in [4.78, 5) is 20.5. The molecule has 3 heterocycles. The number of thioether (sulfide) groups is 1. The van der Waals surface area contributed by atoms with Gasteiger partial charge in [-0.05, 0) is 31.1 Å². The van der Waals surface area contributed by atoms with Crippen LogP contribution in [0, 0.1) is 5.92 Å². The highest BCUT2D eigenvalue weighted by atomic mass is 32.2. The maximum absolute atomic E-state index is 11.5. The first-order valence-corrected chi connectivity index (χ1v) is 11.0. The molecule has 30 heavy (non-hydrogen) atoms. The van der Waals surface area contributed by atoms with E-state index < -0.39 is 0 Å². The average Bonchev–Trinajstić information content (AvgIpc) is 3.45. The fraction of sp³-hybridized carbons (Fsp3) is 0.333. The Bertz CT molecular complexity index is 1060. The summed E-state index contributed by atoms with van der Waals surface area (Å²) in [5, 5.41) is 11.4. The van der Waals surface area contributed by atoms with Crippen LogP contribution >= 0.6 is 11.8 Å². The van der Waals surface area contributed by atoms with Gasteiger partial charge in [-0.2, -0.15) is 5.10 Å². The van der Waals surface area contributed by atoms with E-state index in [0.717, 1.165) is 34.3 Å². The van der Waals surface area contributed by atoms with Gasteiger partial charge in [0.15, 0.2) is 0 Å². The smallest absolute Gasteiger partial charge is 0.222 e. The van der Waals surface area contributed by atoms with Crippen LogP contribution in [0.25, 0.3) is 11.3 Å². The largest absolute Gasteiger partial charge is 0.493 e. The lowest BCUT2D eigenvalue weighted by molar-refractivity contribution is -0.114. The highest BCUT2D eigenvalue weighted by molar-refractivity contribution is 7.98. The van der Waals surface area contributed by atoms with Gasteiger partial charge in [0.25, 0.3) is 0 Å². The number of aryl methyl sites for hydroxylation is 1. The second-order valence-corrected chi connectivity index (χ2v) is 8.11. The lowest BCUT2D eigenvalue weighted by Gasteiger charge is -2.14. The summed E-state index contributed by atoms with van der Waals surface area (Å²) in [5.41, 5.74) is 2.32. The molecule has 8 nitrogen and oxygen atoms in total. The Morgan fingerprint density at radius 3 is 2.80 bits per heavy atom. The molecule has 0 saturated heterocycles. The second-order valence-electron chi connectivity index (χ2n) is 7.28. The van der Waals surface area contributed by atoms with Crippen molar-refractivity contribution in [2.24, 2.45) is 13.0 Å². The van der Waals surface area contributed by atoms with Crippen LogP contribution in [0.2, 0.25) is 0 Å². The lowest BCUT2D eigenvalue weighted by Crippen LogP contribution is -2.08. The van der Waals surface area contributed by atoms with E-state index in [1.807, 2.05) is 37.7 Å². The Kier molecular flexibility index (Phi) is 5.89. The SMILES string of the molecule is CSc1cc(OCC2CC2)cc(Nc2cc(NC(C)=O)ncc2-c2ccn(C)n2)n1. The Hall–Kier alpha value is -3.07. The highest BCUT2D eigenvalue weighted by Crippen LogP contribution is 2.33. The number of pyridine rings is 2. The summed E-state index contributed by atoms with van der Waals surface area (Å²) >= 11 is 1.56. The van der Waals surface area contributed by atoms with Crippen LogP contribution < -0.4 is 15.4 Å². The average molecular weight is 425 g/mol. The minimum atomic E-state index is -0.183. The zero-order valence-electron chi connectivity index (χ0n) is 17.2. The number of nitrogens with one attached hydrogen (secondary N) is 2. The molecule has 156 valence electrons. The first-order valence-electron chi connectivity index (χ1n) is 9.73. The number of carbonyl (C=O) groups excluding carboxylic acids is 1. The van der Waals surface area contributed by atoms with Crippen molar-refractivity contribution in [3.8, 4) is 17.0 Å². The fourth-order valence-electron chi connectivity index (χ4n) is 2.94. The number of carbonyl (C=O) groups is 1. The quantitative estimate of drug-likeness (QED) is 0.526. The van der Waals surface area contributed by atoms with Crippen LogP contribution in [0.3, 0.4) is 0 Å². The van der Waals surface area contributed by atoms with Gasteiger partial charge in [0.05, 0.1) is 18.0 Å². The fourth-order valence-corrected chi connectivity index (χ4v) is 3.36. The minimum absolute atomic E-state index is 0.183. The first kappa shape index (κ1) is 20.2. The van der Waals surface area contributed by atoms with E-state index >= 15 is 0 Å². The Balaban J connectivity index is 1.67. The van der Waals surface area contributed by atoms with Crippen LogP contribution in [-0.2, 0) is 11.8 Å². The number of ether oxygens (including phenoxy) is 1. The Labute approximate surface area is 179 Å². The van der Waals surface area contributed by atoms with Gasteiger partial charge in [0, 0.05) is 50.1 Å². The summed E-state index contributed by atoms with van der Waals surface area (Å²) in [5.74, 6) is 2.39. The number of hydrogen-bond acceptors (Lipinski definition) is 7. The molecule has 1 amide bonds. The molecule has 1 aliphatic rings. The summed E-state index contributed by atoms with van der Waals surface area (Å²) in [6.07, 6.45) is 8.03. The summed E-state index contributed by atoms with van der Waals surface area (Å²) < 4.78 is 7.70. The molecule has 2 N–H and O–H groups in total. The van der Waals surface area contributed by atoms with Crippen molar-refractivity contribution in [2.45, 2.75) is 24.8 Å². The molecular weight excluding hydrogens is 400 g/mol. The van der Waals surface area contributed by atoms with Gasteiger partial charge in [-0.15, -0.1) is 11.8 Å².